The number of amides is 2. The number of para-hydroxylation sites is 1. The van der Waals surface area contributed by atoms with E-state index in [4.69, 9.17) is 9.84 Å². The first-order valence-corrected chi connectivity index (χ1v) is 6.08. The van der Waals surface area contributed by atoms with Crippen molar-refractivity contribution >= 4 is 17.7 Å². The fourth-order valence-corrected chi connectivity index (χ4v) is 1.96. The van der Waals surface area contributed by atoms with Gasteiger partial charge in [0.2, 0.25) is 0 Å². The Morgan fingerprint density at radius 2 is 2.21 bits per heavy atom. The molecule has 0 spiro atoms. The van der Waals surface area contributed by atoms with E-state index in [9.17, 15) is 9.59 Å². The summed E-state index contributed by atoms with van der Waals surface area (Å²) in [4.78, 5) is 26.5. The Hall–Kier alpha value is -2.24. The standard InChI is InChI=1S/C13H16N2O4/c1-3-14(2)13(18)15-7-8-19-11-9(12(16)17)5-4-6-10(11)15/h4-6H,3,7-8H2,1-2H3,(H,16,17). The molecule has 1 heterocycles. The smallest absolute Gasteiger partial charge is 0.339 e. The van der Waals surface area contributed by atoms with Crippen LogP contribution in [0.4, 0.5) is 10.5 Å². The summed E-state index contributed by atoms with van der Waals surface area (Å²) in [5, 5.41) is 9.13. The molecule has 0 saturated heterocycles. The molecular weight excluding hydrogens is 248 g/mol. The number of rotatable bonds is 2. The van der Waals surface area contributed by atoms with Gasteiger partial charge in [0.25, 0.3) is 0 Å². The van der Waals surface area contributed by atoms with E-state index < -0.39 is 5.97 Å². The molecule has 2 rings (SSSR count). The van der Waals surface area contributed by atoms with Crippen molar-refractivity contribution in [1.29, 1.82) is 0 Å². The summed E-state index contributed by atoms with van der Waals surface area (Å²) in [5.41, 5.74) is 0.589. The summed E-state index contributed by atoms with van der Waals surface area (Å²) < 4.78 is 5.42. The molecule has 102 valence electrons. The van der Waals surface area contributed by atoms with Crippen LogP contribution in [0.2, 0.25) is 0 Å². The number of aromatic carboxylic acids is 1. The molecule has 1 aromatic carbocycles. The Labute approximate surface area is 111 Å². The van der Waals surface area contributed by atoms with Crippen LogP contribution in [0.15, 0.2) is 18.2 Å². The first kappa shape index (κ1) is 13.2. The first-order valence-electron chi connectivity index (χ1n) is 6.08. The minimum Gasteiger partial charge on any atom is -0.489 e. The lowest BCUT2D eigenvalue weighted by molar-refractivity contribution is 0.0691. The minimum atomic E-state index is -1.06. The molecule has 0 atom stereocenters. The molecule has 0 unspecified atom stereocenters. The number of anilines is 1. The van der Waals surface area contributed by atoms with Gasteiger partial charge in [-0.25, -0.2) is 9.59 Å². The largest absolute Gasteiger partial charge is 0.489 e. The van der Waals surface area contributed by atoms with Gasteiger partial charge in [0.15, 0.2) is 5.75 Å². The number of fused-ring (bicyclic) bond motifs is 1. The second kappa shape index (κ2) is 5.17. The number of hydrogen-bond donors (Lipinski definition) is 1. The molecule has 19 heavy (non-hydrogen) atoms. The highest BCUT2D eigenvalue weighted by Gasteiger charge is 2.28. The average molecular weight is 264 g/mol. The van der Waals surface area contributed by atoms with Gasteiger partial charge < -0.3 is 14.7 Å². The van der Waals surface area contributed by atoms with E-state index in [0.717, 1.165) is 0 Å². The number of carboxylic acids is 1. The van der Waals surface area contributed by atoms with Gasteiger partial charge in [-0.05, 0) is 19.1 Å². The van der Waals surface area contributed by atoms with Crippen molar-refractivity contribution < 1.29 is 19.4 Å². The van der Waals surface area contributed by atoms with Crippen LogP contribution >= 0.6 is 0 Å². The maximum atomic E-state index is 12.2. The van der Waals surface area contributed by atoms with Crippen LogP contribution in [-0.2, 0) is 0 Å². The van der Waals surface area contributed by atoms with Gasteiger partial charge in [0.1, 0.15) is 12.2 Å². The Morgan fingerprint density at radius 1 is 1.47 bits per heavy atom. The van der Waals surface area contributed by atoms with Crippen molar-refractivity contribution in [3.63, 3.8) is 0 Å². The highest BCUT2D eigenvalue weighted by atomic mass is 16.5. The third kappa shape index (κ3) is 2.33. The summed E-state index contributed by atoms with van der Waals surface area (Å²) in [6, 6.07) is 4.62. The SMILES string of the molecule is CCN(C)C(=O)N1CCOc2c(C(=O)O)cccc21. The fraction of sp³-hybridized carbons (Fsp3) is 0.385. The number of ether oxygens (including phenoxy) is 1. The van der Waals surface area contributed by atoms with Crippen LogP contribution in [0, 0.1) is 0 Å². The van der Waals surface area contributed by atoms with Gasteiger partial charge in [0.05, 0.1) is 12.2 Å². The third-order valence-electron chi connectivity index (χ3n) is 3.11. The van der Waals surface area contributed by atoms with Crippen molar-refractivity contribution in [2.75, 3.05) is 31.6 Å². The van der Waals surface area contributed by atoms with Crippen molar-refractivity contribution in [2.45, 2.75) is 6.92 Å². The van der Waals surface area contributed by atoms with Crippen molar-refractivity contribution in [1.82, 2.24) is 4.90 Å². The van der Waals surface area contributed by atoms with Gasteiger partial charge in [-0.15, -0.1) is 0 Å². The summed E-state index contributed by atoms with van der Waals surface area (Å²) >= 11 is 0. The van der Waals surface area contributed by atoms with Gasteiger partial charge in [-0.3, -0.25) is 4.90 Å². The number of carboxylic acid groups (broad SMARTS) is 1. The van der Waals surface area contributed by atoms with E-state index >= 15 is 0 Å². The van der Waals surface area contributed by atoms with E-state index in [0.29, 0.717) is 25.4 Å². The molecule has 6 heteroatoms. The van der Waals surface area contributed by atoms with E-state index in [1.807, 2.05) is 6.92 Å². The van der Waals surface area contributed by atoms with Gasteiger partial charge in [0, 0.05) is 13.6 Å². The fourth-order valence-electron chi connectivity index (χ4n) is 1.96. The Balaban J connectivity index is 2.43. The number of hydrogen-bond acceptors (Lipinski definition) is 3. The zero-order chi connectivity index (χ0) is 14.0. The highest BCUT2D eigenvalue weighted by molar-refractivity contribution is 5.99. The van der Waals surface area contributed by atoms with E-state index in [2.05, 4.69) is 0 Å². The molecule has 6 nitrogen and oxygen atoms in total. The normalized spacial score (nSPS) is 13.5. The molecule has 1 aromatic rings. The molecule has 1 aliphatic rings. The van der Waals surface area contributed by atoms with Crippen LogP contribution in [0.5, 0.6) is 5.75 Å². The van der Waals surface area contributed by atoms with Gasteiger partial charge >= 0.3 is 12.0 Å². The summed E-state index contributed by atoms with van der Waals surface area (Å²) in [6.07, 6.45) is 0. The Morgan fingerprint density at radius 3 is 2.84 bits per heavy atom. The molecular formula is C13H16N2O4. The van der Waals surface area contributed by atoms with E-state index in [-0.39, 0.29) is 17.3 Å². The molecule has 0 saturated carbocycles. The molecule has 0 aromatic heterocycles. The second-order valence-electron chi connectivity index (χ2n) is 4.26. The Bertz CT molecular complexity index is 515. The molecule has 0 aliphatic carbocycles. The summed E-state index contributed by atoms with van der Waals surface area (Å²) in [5.74, 6) is -0.797. The zero-order valence-corrected chi connectivity index (χ0v) is 10.9. The quantitative estimate of drug-likeness (QED) is 0.881. The average Bonchev–Trinajstić information content (AvgIpc) is 2.44. The molecule has 0 bridgehead atoms. The third-order valence-corrected chi connectivity index (χ3v) is 3.11. The highest BCUT2D eigenvalue weighted by Crippen LogP contribution is 2.35. The van der Waals surface area contributed by atoms with Crippen LogP contribution < -0.4 is 9.64 Å². The van der Waals surface area contributed by atoms with Crippen molar-refractivity contribution in [3.05, 3.63) is 23.8 Å². The number of nitrogens with zero attached hydrogens (tertiary/aromatic N) is 2. The van der Waals surface area contributed by atoms with E-state index in [1.54, 1.807) is 29.0 Å². The maximum Gasteiger partial charge on any atom is 0.339 e. The molecule has 1 aliphatic heterocycles. The van der Waals surface area contributed by atoms with Crippen LogP contribution in [0.3, 0.4) is 0 Å². The number of urea groups is 1. The zero-order valence-electron chi connectivity index (χ0n) is 10.9. The lowest BCUT2D eigenvalue weighted by Gasteiger charge is -2.32. The summed E-state index contributed by atoms with van der Waals surface area (Å²) in [7, 11) is 1.71. The van der Waals surface area contributed by atoms with Crippen LogP contribution in [0.25, 0.3) is 0 Å². The predicted molar refractivity (Wildman–Crippen MR) is 69.9 cm³/mol. The van der Waals surface area contributed by atoms with Gasteiger partial charge in [-0.2, -0.15) is 0 Å². The maximum absolute atomic E-state index is 12.2. The lowest BCUT2D eigenvalue weighted by atomic mass is 10.1. The van der Waals surface area contributed by atoms with Gasteiger partial charge in [-0.1, -0.05) is 6.07 Å². The number of benzene rings is 1. The van der Waals surface area contributed by atoms with Crippen molar-refractivity contribution in [3.8, 4) is 5.75 Å². The molecule has 2 amide bonds. The van der Waals surface area contributed by atoms with Crippen molar-refractivity contribution in [2.24, 2.45) is 0 Å². The number of carbonyl (C=O) groups is 2. The van der Waals surface area contributed by atoms with Crippen LogP contribution in [0.1, 0.15) is 17.3 Å². The minimum absolute atomic E-state index is 0.0779. The lowest BCUT2D eigenvalue weighted by Crippen LogP contribution is -2.45. The second-order valence-corrected chi connectivity index (χ2v) is 4.26. The molecule has 1 N–H and O–H groups in total. The topological polar surface area (TPSA) is 70.1 Å². The van der Waals surface area contributed by atoms with E-state index in [1.165, 1.54) is 6.07 Å². The summed E-state index contributed by atoms with van der Waals surface area (Å²) in [6.45, 7) is 3.18. The Kier molecular flexibility index (Phi) is 3.59. The number of carbonyl (C=O) groups excluding carboxylic acids is 1. The first-order chi connectivity index (χ1) is 9.06. The molecule has 0 radical (unpaired) electrons. The molecule has 0 fully saturated rings. The van der Waals surface area contributed by atoms with Crippen LogP contribution in [-0.4, -0.2) is 48.8 Å². The monoisotopic (exact) mass is 264 g/mol. The predicted octanol–water partition coefficient (Wildman–Crippen LogP) is 1.66.